The lowest BCUT2D eigenvalue weighted by molar-refractivity contribution is -0.674. The molecule has 0 bridgehead atoms. The summed E-state index contributed by atoms with van der Waals surface area (Å²) in [5.74, 6) is -1.20. The number of anilines is 1. The zero-order valence-electron chi connectivity index (χ0n) is 11.2. The fraction of sp³-hybridized carbons (Fsp3) is 0.500. The Morgan fingerprint density at radius 3 is 2.90 bits per heavy atom. The van der Waals surface area contributed by atoms with Crippen LogP contribution in [0.2, 0.25) is 0 Å². The molecule has 2 heterocycles. The SMILES string of the molecule is Cn1c[n+](CCCCCC(=O)O)c2nc(N)nc([O-])c21. The molecule has 8 heteroatoms. The second-order valence-electron chi connectivity index (χ2n) is 4.68. The molecule has 0 aliphatic rings. The Morgan fingerprint density at radius 2 is 2.20 bits per heavy atom. The van der Waals surface area contributed by atoms with Crippen LogP contribution in [0.3, 0.4) is 0 Å². The number of hydrogen-bond donors (Lipinski definition) is 2. The van der Waals surface area contributed by atoms with Crippen LogP contribution in [-0.4, -0.2) is 25.6 Å². The Labute approximate surface area is 115 Å². The largest absolute Gasteiger partial charge is 0.856 e. The molecule has 0 aliphatic carbocycles. The van der Waals surface area contributed by atoms with Gasteiger partial charge in [0, 0.05) is 12.3 Å². The predicted molar refractivity (Wildman–Crippen MR) is 68.7 cm³/mol. The van der Waals surface area contributed by atoms with E-state index in [9.17, 15) is 9.90 Å². The van der Waals surface area contributed by atoms with Crippen LogP contribution in [0.4, 0.5) is 5.95 Å². The summed E-state index contributed by atoms with van der Waals surface area (Å²) in [5, 5.41) is 20.3. The molecule has 2 aromatic heterocycles. The normalized spacial score (nSPS) is 11.1. The quantitative estimate of drug-likeness (QED) is 0.546. The highest BCUT2D eigenvalue weighted by Crippen LogP contribution is 2.16. The molecule has 0 radical (unpaired) electrons. The third-order valence-corrected chi connectivity index (χ3v) is 3.08. The van der Waals surface area contributed by atoms with E-state index in [1.807, 2.05) is 4.57 Å². The topological polar surface area (TPSA) is 121 Å². The second-order valence-corrected chi connectivity index (χ2v) is 4.68. The minimum atomic E-state index is -0.778. The van der Waals surface area contributed by atoms with Crippen LogP contribution in [0.15, 0.2) is 6.33 Å². The van der Waals surface area contributed by atoms with Crippen molar-refractivity contribution in [2.45, 2.75) is 32.2 Å². The lowest BCUT2D eigenvalue weighted by atomic mass is 10.2. The second kappa shape index (κ2) is 5.72. The Balaban J connectivity index is 2.09. The number of rotatable bonds is 6. The van der Waals surface area contributed by atoms with E-state index in [-0.39, 0.29) is 18.2 Å². The lowest BCUT2D eigenvalue weighted by Gasteiger charge is -2.03. The number of carboxylic acid groups (broad SMARTS) is 1. The maximum atomic E-state index is 11.8. The molecular formula is C12H17N5O3. The number of unbranched alkanes of at least 4 members (excludes halogenated alkanes) is 2. The number of nitrogen functional groups attached to an aromatic ring is 1. The highest BCUT2D eigenvalue weighted by atomic mass is 16.4. The molecule has 20 heavy (non-hydrogen) atoms. The van der Waals surface area contributed by atoms with Gasteiger partial charge in [0.15, 0.2) is 11.8 Å². The summed E-state index contributed by atoms with van der Waals surface area (Å²) in [6.45, 7) is 0.660. The number of carbonyl (C=O) groups is 1. The van der Waals surface area contributed by atoms with E-state index in [1.165, 1.54) is 0 Å². The number of imidazole rings is 1. The van der Waals surface area contributed by atoms with Crippen LogP contribution in [0.25, 0.3) is 11.2 Å². The summed E-state index contributed by atoms with van der Waals surface area (Å²) in [7, 11) is 1.75. The summed E-state index contributed by atoms with van der Waals surface area (Å²) in [6.07, 6.45) is 4.22. The number of aromatic nitrogens is 4. The van der Waals surface area contributed by atoms with Crippen LogP contribution >= 0.6 is 0 Å². The fourth-order valence-electron chi connectivity index (χ4n) is 2.17. The van der Waals surface area contributed by atoms with Gasteiger partial charge in [-0.05, 0) is 19.3 Å². The van der Waals surface area contributed by atoms with Crippen molar-refractivity contribution in [2.75, 3.05) is 5.73 Å². The van der Waals surface area contributed by atoms with Gasteiger partial charge in [0.1, 0.15) is 0 Å². The van der Waals surface area contributed by atoms with Gasteiger partial charge in [-0.25, -0.2) is 9.55 Å². The highest BCUT2D eigenvalue weighted by Gasteiger charge is 2.17. The molecule has 8 nitrogen and oxygen atoms in total. The summed E-state index contributed by atoms with van der Waals surface area (Å²) in [5.41, 5.74) is 6.44. The van der Waals surface area contributed by atoms with E-state index >= 15 is 0 Å². The molecule has 0 atom stereocenters. The number of aryl methyl sites for hydroxylation is 2. The van der Waals surface area contributed by atoms with Crippen molar-refractivity contribution in [3.05, 3.63) is 6.33 Å². The van der Waals surface area contributed by atoms with Crippen LogP contribution in [0, 0.1) is 0 Å². The third-order valence-electron chi connectivity index (χ3n) is 3.08. The van der Waals surface area contributed by atoms with Gasteiger partial charge in [0.05, 0.1) is 13.6 Å². The maximum absolute atomic E-state index is 11.8. The third kappa shape index (κ3) is 2.95. The Kier molecular flexibility index (Phi) is 4.02. The molecule has 0 unspecified atom stereocenters. The molecule has 0 spiro atoms. The van der Waals surface area contributed by atoms with Gasteiger partial charge >= 0.3 is 11.6 Å². The lowest BCUT2D eigenvalue weighted by Crippen LogP contribution is -2.33. The number of nitrogens with zero attached hydrogens (tertiary/aromatic N) is 4. The smallest absolute Gasteiger partial charge is 0.306 e. The first kappa shape index (κ1) is 14.0. The highest BCUT2D eigenvalue weighted by molar-refractivity contribution is 5.73. The molecule has 2 aromatic rings. The average molecular weight is 279 g/mol. The van der Waals surface area contributed by atoms with E-state index in [0.29, 0.717) is 24.1 Å². The standard InChI is InChI=1S/C12H17N5O3/c1-16-7-17(6-4-2-3-5-8(18)19)10-9(16)11(20)15-12(13)14-10/h7H,2-6H2,1H3,(H3-,13,14,15,18,19,20). The molecule has 0 fully saturated rings. The van der Waals surface area contributed by atoms with Crippen molar-refractivity contribution in [2.24, 2.45) is 7.05 Å². The number of nitrogens with two attached hydrogens (primary N) is 1. The fourth-order valence-corrected chi connectivity index (χ4v) is 2.17. The molecule has 0 aliphatic heterocycles. The first-order valence-corrected chi connectivity index (χ1v) is 6.40. The number of fused-ring (bicyclic) bond motifs is 1. The molecular weight excluding hydrogens is 262 g/mol. The molecule has 3 N–H and O–H groups in total. The van der Waals surface area contributed by atoms with Crippen molar-refractivity contribution in [3.63, 3.8) is 0 Å². The van der Waals surface area contributed by atoms with Gasteiger partial charge < -0.3 is 15.9 Å². The Hall–Kier alpha value is -2.38. The Morgan fingerprint density at radius 1 is 1.45 bits per heavy atom. The van der Waals surface area contributed by atoms with Gasteiger partial charge in [-0.3, -0.25) is 9.36 Å². The van der Waals surface area contributed by atoms with Crippen LogP contribution in [0.5, 0.6) is 5.88 Å². The van der Waals surface area contributed by atoms with Crippen molar-refractivity contribution >= 4 is 23.1 Å². The van der Waals surface area contributed by atoms with Crippen LogP contribution < -0.4 is 15.4 Å². The zero-order chi connectivity index (χ0) is 14.7. The summed E-state index contributed by atoms with van der Waals surface area (Å²) in [6, 6.07) is 0. The summed E-state index contributed by atoms with van der Waals surface area (Å²) in [4.78, 5) is 18.1. The molecule has 0 saturated carbocycles. The van der Waals surface area contributed by atoms with Gasteiger partial charge in [0.2, 0.25) is 0 Å². The zero-order valence-corrected chi connectivity index (χ0v) is 11.2. The van der Waals surface area contributed by atoms with Crippen molar-refractivity contribution in [1.82, 2.24) is 14.5 Å². The molecule has 0 aromatic carbocycles. The van der Waals surface area contributed by atoms with E-state index in [4.69, 9.17) is 10.8 Å². The molecule has 0 saturated heterocycles. The average Bonchev–Trinajstić information content (AvgIpc) is 2.65. The number of hydrogen-bond acceptors (Lipinski definition) is 5. The molecule has 108 valence electrons. The van der Waals surface area contributed by atoms with Crippen molar-refractivity contribution in [3.8, 4) is 5.88 Å². The predicted octanol–water partition coefficient (Wildman–Crippen LogP) is -0.443. The number of aliphatic carboxylic acids is 1. The van der Waals surface area contributed by atoms with Gasteiger partial charge in [-0.2, -0.15) is 0 Å². The van der Waals surface area contributed by atoms with E-state index < -0.39 is 5.97 Å². The minimum Gasteiger partial charge on any atom is -0.856 e. The van der Waals surface area contributed by atoms with Gasteiger partial charge in [0.25, 0.3) is 5.95 Å². The monoisotopic (exact) mass is 279 g/mol. The van der Waals surface area contributed by atoms with E-state index in [0.717, 1.165) is 12.8 Å². The van der Waals surface area contributed by atoms with Gasteiger partial charge in [-0.1, -0.05) is 4.98 Å². The first-order valence-electron chi connectivity index (χ1n) is 6.40. The maximum Gasteiger partial charge on any atom is 0.306 e. The van der Waals surface area contributed by atoms with Crippen molar-refractivity contribution < 1.29 is 19.6 Å². The first-order chi connectivity index (χ1) is 9.49. The number of carboxylic acids is 1. The van der Waals surface area contributed by atoms with Gasteiger partial charge in [-0.15, -0.1) is 0 Å². The van der Waals surface area contributed by atoms with Crippen molar-refractivity contribution in [1.29, 1.82) is 0 Å². The van der Waals surface area contributed by atoms with E-state index in [1.54, 1.807) is 17.9 Å². The van der Waals surface area contributed by atoms with E-state index in [2.05, 4.69) is 9.97 Å². The van der Waals surface area contributed by atoms with Crippen LogP contribution in [-0.2, 0) is 18.4 Å². The van der Waals surface area contributed by atoms with Crippen LogP contribution in [0.1, 0.15) is 25.7 Å². The summed E-state index contributed by atoms with van der Waals surface area (Å²) >= 11 is 0. The Bertz CT molecular complexity index is 638. The summed E-state index contributed by atoms with van der Waals surface area (Å²) < 4.78 is 3.52. The molecule has 0 amide bonds. The minimum absolute atomic E-state index is 0.0340. The molecule has 2 rings (SSSR count).